The molecule has 1 aromatic rings. The van der Waals surface area contributed by atoms with Crippen molar-refractivity contribution < 1.29 is 32.7 Å². The van der Waals surface area contributed by atoms with Crippen LogP contribution >= 0.6 is 0 Å². The van der Waals surface area contributed by atoms with Crippen molar-refractivity contribution in [3.63, 3.8) is 0 Å². The maximum atomic E-state index is 7.25. The van der Waals surface area contributed by atoms with Gasteiger partial charge in [-0.2, -0.15) is 0 Å². The van der Waals surface area contributed by atoms with E-state index in [0.717, 1.165) is 38.3 Å². The molecule has 1 aromatic carbocycles. The molecule has 0 saturated carbocycles. The van der Waals surface area contributed by atoms with Crippen molar-refractivity contribution in [1.82, 2.24) is 10.2 Å². The number of rotatable bonds is 3. The SMILES string of the molecule is CC.[NH-]Cc1ccc(CN2CCNCC2)cc1.[Y]. The first-order chi connectivity index (χ1) is 8.38. The number of nitrogens with zero attached hydrogens (tertiary/aromatic N) is 1. The molecule has 1 heterocycles. The van der Waals surface area contributed by atoms with Gasteiger partial charge in [-0.15, -0.1) is 6.54 Å². The molecule has 0 aromatic heterocycles. The number of hydrogen-bond donors (Lipinski definition) is 1. The van der Waals surface area contributed by atoms with Crippen LogP contribution in [0.3, 0.4) is 0 Å². The van der Waals surface area contributed by atoms with E-state index in [1.165, 1.54) is 5.56 Å². The fraction of sp³-hybridized carbons (Fsp3) is 0.571. The Bertz CT molecular complexity index is 294. The summed E-state index contributed by atoms with van der Waals surface area (Å²) in [7, 11) is 0. The van der Waals surface area contributed by atoms with E-state index in [9.17, 15) is 0 Å². The molecule has 1 radical (unpaired) electrons. The summed E-state index contributed by atoms with van der Waals surface area (Å²) in [5.41, 5.74) is 9.70. The molecule has 4 heteroatoms. The molecule has 18 heavy (non-hydrogen) atoms. The Labute approximate surface area is 136 Å². The molecule has 3 nitrogen and oxygen atoms in total. The van der Waals surface area contributed by atoms with Crippen LogP contribution < -0.4 is 5.32 Å². The van der Waals surface area contributed by atoms with Gasteiger partial charge in [-0.1, -0.05) is 43.7 Å². The summed E-state index contributed by atoms with van der Waals surface area (Å²) in [4.78, 5) is 2.46. The number of piperazine rings is 1. The zero-order chi connectivity index (χ0) is 12.5. The molecule has 0 bridgehead atoms. The first kappa shape index (κ1) is 18.2. The van der Waals surface area contributed by atoms with Crippen LogP contribution in [0, 0.1) is 0 Å². The standard InChI is InChI=1S/C12H18N3.C2H6.Y/c13-9-11-1-3-12(4-2-11)10-15-7-5-14-6-8-15;1-2;/h1-4,13-14H,5-10H2;1-2H3;/q-1;;. The molecule has 0 atom stereocenters. The van der Waals surface area contributed by atoms with Crippen molar-refractivity contribution in [2.45, 2.75) is 26.9 Å². The number of benzene rings is 1. The third kappa shape index (κ3) is 6.39. The molecular formula is C14H24N3Y-. The van der Waals surface area contributed by atoms with Crippen LogP contribution in [0.2, 0.25) is 0 Å². The van der Waals surface area contributed by atoms with Gasteiger partial charge in [-0.25, -0.2) is 0 Å². The van der Waals surface area contributed by atoms with Crippen LogP contribution in [0.4, 0.5) is 0 Å². The van der Waals surface area contributed by atoms with E-state index in [0.29, 0.717) is 6.54 Å². The zero-order valence-electron chi connectivity index (χ0n) is 11.6. The van der Waals surface area contributed by atoms with Gasteiger partial charge >= 0.3 is 0 Å². The molecule has 1 aliphatic heterocycles. The van der Waals surface area contributed by atoms with Crippen LogP contribution in [-0.4, -0.2) is 31.1 Å². The van der Waals surface area contributed by atoms with Crippen LogP contribution in [0.1, 0.15) is 25.0 Å². The predicted octanol–water partition coefficient (Wildman–Crippen LogP) is 2.67. The van der Waals surface area contributed by atoms with Gasteiger partial charge in [0.1, 0.15) is 0 Å². The second-order valence-electron chi connectivity index (χ2n) is 4.02. The van der Waals surface area contributed by atoms with Crippen LogP contribution in [-0.2, 0) is 45.8 Å². The summed E-state index contributed by atoms with van der Waals surface area (Å²) in [6.07, 6.45) is 0. The molecule has 0 spiro atoms. The number of nitrogens with one attached hydrogen (secondary N) is 2. The summed E-state index contributed by atoms with van der Waals surface area (Å²) in [6.45, 7) is 9.91. The fourth-order valence-electron chi connectivity index (χ4n) is 1.89. The molecule has 0 unspecified atom stereocenters. The van der Waals surface area contributed by atoms with E-state index in [1.54, 1.807) is 0 Å². The molecule has 1 saturated heterocycles. The molecule has 1 aliphatic rings. The molecule has 2 rings (SSSR count). The van der Waals surface area contributed by atoms with Crippen molar-refractivity contribution >= 4 is 0 Å². The van der Waals surface area contributed by atoms with E-state index in [1.807, 2.05) is 13.8 Å². The van der Waals surface area contributed by atoms with Crippen molar-refractivity contribution in [3.05, 3.63) is 41.1 Å². The average Bonchev–Trinajstić information content (AvgIpc) is 2.43. The van der Waals surface area contributed by atoms with Gasteiger partial charge in [0, 0.05) is 65.4 Å². The van der Waals surface area contributed by atoms with E-state index < -0.39 is 0 Å². The maximum Gasteiger partial charge on any atom is 0.0234 e. The molecule has 1 fully saturated rings. The topological polar surface area (TPSA) is 39.1 Å². The monoisotopic (exact) mass is 323 g/mol. The Kier molecular flexibility index (Phi) is 11.2. The Morgan fingerprint density at radius 3 is 2.06 bits per heavy atom. The Morgan fingerprint density at radius 2 is 1.56 bits per heavy atom. The molecule has 0 amide bonds. The van der Waals surface area contributed by atoms with Crippen LogP contribution in [0.25, 0.3) is 5.73 Å². The van der Waals surface area contributed by atoms with Gasteiger partial charge in [0.25, 0.3) is 0 Å². The average molecular weight is 323 g/mol. The first-order valence-corrected chi connectivity index (χ1v) is 6.54. The van der Waals surface area contributed by atoms with Crippen molar-refractivity contribution in [2.75, 3.05) is 26.2 Å². The van der Waals surface area contributed by atoms with Crippen molar-refractivity contribution in [2.24, 2.45) is 0 Å². The van der Waals surface area contributed by atoms with Gasteiger partial charge in [0.15, 0.2) is 0 Å². The predicted molar refractivity (Wildman–Crippen MR) is 74.0 cm³/mol. The zero-order valence-corrected chi connectivity index (χ0v) is 14.4. The molecule has 99 valence electrons. The smallest absolute Gasteiger partial charge is 0.0234 e. The molecule has 0 aliphatic carbocycles. The minimum atomic E-state index is 0. The van der Waals surface area contributed by atoms with Gasteiger partial charge in [0.2, 0.25) is 0 Å². The number of hydrogen-bond acceptors (Lipinski definition) is 2. The second-order valence-corrected chi connectivity index (χ2v) is 4.02. The summed E-state index contributed by atoms with van der Waals surface area (Å²) >= 11 is 0. The van der Waals surface area contributed by atoms with E-state index in [-0.39, 0.29) is 32.7 Å². The molecule has 2 N–H and O–H groups in total. The second kappa shape index (κ2) is 11.1. The third-order valence-electron chi connectivity index (χ3n) is 2.84. The van der Waals surface area contributed by atoms with Gasteiger partial charge < -0.3 is 11.1 Å². The summed E-state index contributed by atoms with van der Waals surface area (Å²) in [6, 6.07) is 8.41. The fourth-order valence-corrected chi connectivity index (χ4v) is 1.89. The summed E-state index contributed by atoms with van der Waals surface area (Å²) < 4.78 is 0. The Morgan fingerprint density at radius 1 is 1.06 bits per heavy atom. The van der Waals surface area contributed by atoms with Crippen LogP contribution in [0.5, 0.6) is 0 Å². The van der Waals surface area contributed by atoms with Gasteiger partial charge in [-0.3, -0.25) is 4.90 Å². The summed E-state index contributed by atoms with van der Waals surface area (Å²) in [5.74, 6) is 0. The third-order valence-corrected chi connectivity index (χ3v) is 2.84. The van der Waals surface area contributed by atoms with Crippen molar-refractivity contribution in [3.8, 4) is 0 Å². The maximum absolute atomic E-state index is 7.25. The van der Waals surface area contributed by atoms with E-state index >= 15 is 0 Å². The van der Waals surface area contributed by atoms with Gasteiger partial charge in [-0.05, 0) is 5.56 Å². The van der Waals surface area contributed by atoms with Gasteiger partial charge in [0.05, 0.1) is 0 Å². The first-order valence-electron chi connectivity index (χ1n) is 6.54. The minimum absolute atomic E-state index is 0. The largest absolute Gasteiger partial charge is 0.674 e. The van der Waals surface area contributed by atoms with Crippen LogP contribution in [0.15, 0.2) is 24.3 Å². The minimum Gasteiger partial charge on any atom is -0.674 e. The van der Waals surface area contributed by atoms with E-state index in [2.05, 4.69) is 34.5 Å². The Balaban J connectivity index is 0.000000917. The Hall–Kier alpha value is 0.204. The summed E-state index contributed by atoms with van der Waals surface area (Å²) in [5, 5.41) is 3.35. The normalized spacial score (nSPS) is 15.3. The van der Waals surface area contributed by atoms with Crippen molar-refractivity contribution in [1.29, 1.82) is 0 Å². The molecular weight excluding hydrogens is 299 g/mol. The van der Waals surface area contributed by atoms with E-state index in [4.69, 9.17) is 5.73 Å². The quantitative estimate of drug-likeness (QED) is 0.929.